The molecule has 9 heteroatoms. The molecule has 3 aliphatic carbocycles. The Morgan fingerprint density at radius 3 is 2.27 bits per heavy atom. The molecule has 1 saturated heterocycles. The summed E-state index contributed by atoms with van der Waals surface area (Å²) in [5, 5.41) is 12.8. The Hall–Kier alpha value is -3.30. The van der Waals surface area contributed by atoms with Gasteiger partial charge in [-0.25, -0.2) is 4.79 Å². The number of carbonyl (C=O) groups excluding carboxylic acids is 4. The van der Waals surface area contributed by atoms with Crippen molar-refractivity contribution < 1.29 is 43.2 Å². The summed E-state index contributed by atoms with van der Waals surface area (Å²) in [6.07, 6.45) is 1.93. The van der Waals surface area contributed by atoms with Crippen LogP contribution in [0.25, 0.3) is 0 Å². The molecule has 0 spiro atoms. The van der Waals surface area contributed by atoms with Crippen LogP contribution in [-0.2, 0) is 33.3 Å². The van der Waals surface area contributed by atoms with Crippen LogP contribution < -0.4 is 0 Å². The van der Waals surface area contributed by atoms with Crippen LogP contribution in [0.15, 0.2) is 54.1 Å². The van der Waals surface area contributed by atoms with Crippen molar-refractivity contribution in [2.45, 2.75) is 77.5 Å². The number of aliphatic hydroxyl groups is 1. The third-order valence-electron chi connectivity index (χ3n) is 9.61. The maximum absolute atomic E-state index is 14.7. The molecule has 0 radical (unpaired) electrons. The predicted molar refractivity (Wildman–Crippen MR) is 142 cm³/mol. The molecule has 5 rings (SSSR count). The molecule has 1 N–H and O–H groups in total. The van der Waals surface area contributed by atoms with Gasteiger partial charge in [0.1, 0.15) is 17.8 Å². The van der Waals surface area contributed by atoms with E-state index >= 15 is 0 Å². The molecule has 0 aromatic heterocycles. The lowest BCUT2D eigenvalue weighted by atomic mass is 9.45. The van der Waals surface area contributed by atoms with E-state index in [-0.39, 0.29) is 18.6 Å². The average molecular weight is 553 g/mol. The van der Waals surface area contributed by atoms with Crippen LogP contribution in [0, 0.1) is 22.7 Å². The highest BCUT2D eigenvalue weighted by atomic mass is 16.6. The quantitative estimate of drug-likeness (QED) is 0.340. The summed E-state index contributed by atoms with van der Waals surface area (Å²) < 4.78 is 23.8. The van der Waals surface area contributed by atoms with Crippen LogP contribution in [0.3, 0.4) is 0 Å². The minimum Gasteiger partial charge on any atom is -0.455 e. The largest absolute Gasteiger partial charge is 0.455 e. The molecule has 2 fully saturated rings. The topological polar surface area (TPSA) is 125 Å². The fourth-order valence-electron chi connectivity index (χ4n) is 7.55. The Morgan fingerprint density at radius 2 is 1.70 bits per heavy atom. The first-order chi connectivity index (χ1) is 18.7. The second-order valence-electron chi connectivity index (χ2n) is 12.3. The number of allylic oxidation sites excluding steroid dienone is 1. The Balaban J connectivity index is 1.79. The fraction of sp³-hybridized carbons (Fsp3) is 0.548. The first-order valence-corrected chi connectivity index (χ1v) is 13.6. The molecule has 9 nitrogen and oxygen atoms in total. The normalized spacial score (nSPS) is 39.2. The molecule has 3 unspecified atom stereocenters. The van der Waals surface area contributed by atoms with E-state index in [4.69, 9.17) is 18.9 Å². The number of fused-ring (bicyclic) bond motifs is 5. The molecule has 1 aromatic carbocycles. The Kier molecular flexibility index (Phi) is 6.62. The zero-order valence-corrected chi connectivity index (χ0v) is 23.6. The number of hydrogen-bond donors (Lipinski definition) is 1. The highest BCUT2D eigenvalue weighted by Gasteiger charge is 2.75. The maximum Gasteiger partial charge on any atom is 0.338 e. The van der Waals surface area contributed by atoms with Gasteiger partial charge in [0.25, 0.3) is 0 Å². The van der Waals surface area contributed by atoms with Gasteiger partial charge in [0.15, 0.2) is 17.5 Å². The number of Topliss-reactive ketones (excluding diaryl/α,β-unsaturated/α-hetero) is 1. The third kappa shape index (κ3) is 3.89. The summed E-state index contributed by atoms with van der Waals surface area (Å²) in [4.78, 5) is 53.2. The number of carbonyl (C=O) groups is 4. The molecule has 8 atom stereocenters. The molecule has 1 heterocycles. The summed E-state index contributed by atoms with van der Waals surface area (Å²) in [5.74, 6) is -4.14. The second kappa shape index (κ2) is 9.38. The van der Waals surface area contributed by atoms with Crippen LogP contribution in [0.4, 0.5) is 0 Å². The van der Waals surface area contributed by atoms with Crippen molar-refractivity contribution in [3.8, 4) is 0 Å². The summed E-state index contributed by atoms with van der Waals surface area (Å²) in [6.45, 7) is 9.51. The minimum absolute atomic E-state index is 0.0679. The average Bonchev–Trinajstić information content (AvgIpc) is 2.87. The maximum atomic E-state index is 14.7. The number of benzene rings is 1. The van der Waals surface area contributed by atoms with Gasteiger partial charge in [0, 0.05) is 25.2 Å². The SMILES string of the molecule is CC(=O)O[C@H]1C(=O)[C@]2(C)C=C[C@H]3OC[C@@]3(OC(C)=O)C2C(OC(=O)c2ccccc2)[C@]2(O)CC=C(C)C1C2(C)C. The molecule has 1 aliphatic heterocycles. The summed E-state index contributed by atoms with van der Waals surface area (Å²) in [6, 6.07) is 8.38. The molecule has 1 saturated carbocycles. The number of ether oxygens (including phenoxy) is 4. The highest BCUT2D eigenvalue weighted by Crippen LogP contribution is 2.62. The molecule has 214 valence electrons. The molecular formula is C31H36O9. The van der Waals surface area contributed by atoms with E-state index in [9.17, 15) is 24.3 Å². The Bertz CT molecular complexity index is 1310. The van der Waals surface area contributed by atoms with Crippen molar-refractivity contribution in [2.75, 3.05) is 6.61 Å². The van der Waals surface area contributed by atoms with Gasteiger partial charge in [-0.3, -0.25) is 14.4 Å². The predicted octanol–water partition coefficient (Wildman–Crippen LogP) is 3.34. The number of esters is 3. The fourth-order valence-corrected chi connectivity index (χ4v) is 7.55. The number of rotatable bonds is 4. The van der Waals surface area contributed by atoms with Crippen molar-refractivity contribution in [1.29, 1.82) is 0 Å². The van der Waals surface area contributed by atoms with E-state index in [1.165, 1.54) is 13.8 Å². The van der Waals surface area contributed by atoms with Gasteiger partial charge in [0.2, 0.25) is 0 Å². The lowest BCUT2D eigenvalue weighted by molar-refractivity contribution is -0.309. The smallest absolute Gasteiger partial charge is 0.338 e. The zero-order chi connectivity index (χ0) is 29.3. The van der Waals surface area contributed by atoms with Crippen LogP contribution in [0.1, 0.15) is 58.3 Å². The van der Waals surface area contributed by atoms with Gasteiger partial charge in [0.05, 0.1) is 23.5 Å². The molecule has 4 aliphatic rings. The highest BCUT2D eigenvalue weighted by molar-refractivity contribution is 5.94. The molecule has 2 bridgehead atoms. The van der Waals surface area contributed by atoms with Gasteiger partial charge in [-0.1, -0.05) is 55.8 Å². The van der Waals surface area contributed by atoms with E-state index < -0.39 is 75.9 Å². The van der Waals surface area contributed by atoms with Gasteiger partial charge < -0.3 is 24.1 Å². The minimum atomic E-state index is -1.76. The monoisotopic (exact) mass is 552 g/mol. The zero-order valence-electron chi connectivity index (χ0n) is 23.6. The van der Waals surface area contributed by atoms with Crippen LogP contribution in [0.5, 0.6) is 0 Å². The van der Waals surface area contributed by atoms with Crippen LogP contribution in [0.2, 0.25) is 0 Å². The van der Waals surface area contributed by atoms with E-state index in [1.54, 1.807) is 69.3 Å². The van der Waals surface area contributed by atoms with Crippen LogP contribution >= 0.6 is 0 Å². The van der Waals surface area contributed by atoms with Gasteiger partial charge in [-0.05, 0) is 32.4 Å². The van der Waals surface area contributed by atoms with E-state index in [1.807, 2.05) is 6.92 Å². The Morgan fingerprint density at radius 1 is 1.02 bits per heavy atom. The number of hydrogen-bond acceptors (Lipinski definition) is 9. The first kappa shape index (κ1) is 28.2. The third-order valence-corrected chi connectivity index (χ3v) is 9.61. The van der Waals surface area contributed by atoms with Crippen molar-refractivity contribution in [3.63, 3.8) is 0 Å². The Labute approximate surface area is 233 Å². The van der Waals surface area contributed by atoms with Gasteiger partial charge in [-0.2, -0.15) is 0 Å². The van der Waals surface area contributed by atoms with E-state index in [0.29, 0.717) is 0 Å². The standard InChI is InChI=1S/C31H36O9/c1-17-12-15-31(36)26(39-27(35)20-10-8-7-9-11-20)24-29(6,14-13-21-30(24,16-37-21)40-19(3)33)25(34)23(38-18(2)32)22(17)28(31,4)5/h7-14,21-24,26,36H,15-16H2,1-6H3/t21-,22?,23-,24?,26?,29-,30+,31-/m1/s1. The lowest BCUT2D eigenvalue weighted by Gasteiger charge is -2.65. The molecular weight excluding hydrogens is 516 g/mol. The first-order valence-electron chi connectivity index (χ1n) is 13.6. The van der Waals surface area contributed by atoms with Crippen LogP contribution in [-0.4, -0.2) is 64.9 Å². The number of ketones is 1. The van der Waals surface area contributed by atoms with Crippen molar-refractivity contribution in [1.82, 2.24) is 0 Å². The van der Waals surface area contributed by atoms with Gasteiger partial charge in [-0.15, -0.1) is 0 Å². The van der Waals surface area contributed by atoms with E-state index in [2.05, 4.69) is 0 Å². The van der Waals surface area contributed by atoms with Gasteiger partial charge >= 0.3 is 17.9 Å². The summed E-state index contributed by atoms with van der Waals surface area (Å²) in [5.41, 5.74) is -4.73. The van der Waals surface area contributed by atoms with Crippen molar-refractivity contribution in [2.24, 2.45) is 22.7 Å². The second-order valence-corrected chi connectivity index (χ2v) is 12.3. The summed E-state index contributed by atoms with van der Waals surface area (Å²) >= 11 is 0. The lowest BCUT2D eigenvalue weighted by Crippen LogP contribution is -2.78. The molecule has 1 aromatic rings. The van der Waals surface area contributed by atoms with Crippen molar-refractivity contribution >= 4 is 23.7 Å². The van der Waals surface area contributed by atoms with Crippen molar-refractivity contribution in [3.05, 3.63) is 59.7 Å². The van der Waals surface area contributed by atoms with E-state index in [0.717, 1.165) is 5.57 Å². The molecule has 0 amide bonds. The summed E-state index contributed by atoms with van der Waals surface area (Å²) in [7, 11) is 0. The molecule has 40 heavy (non-hydrogen) atoms.